The Morgan fingerprint density at radius 2 is 1.62 bits per heavy atom. The van der Waals surface area contributed by atoms with Gasteiger partial charge in [-0.1, -0.05) is 38.2 Å². The normalized spacial score (nSPS) is 14.0. The zero-order valence-electron chi connectivity index (χ0n) is 13.5. The van der Waals surface area contributed by atoms with Crippen LogP contribution in [-0.2, 0) is 14.3 Å². The zero-order valence-corrected chi connectivity index (χ0v) is 13.5. The van der Waals surface area contributed by atoms with Crippen molar-refractivity contribution in [1.29, 1.82) is 0 Å². The van der Waals surface area contributed by atoms with Crippen LogP contribution in [0, 0.1) is 0 Å². The molecule has 0 saturated heterocycles. The van der Waals surface area contributed by atoms with E-state index in [1.54, 1.807) is 0 Å². The Morgan fingerprint density at radius 1 is 1.00 bits per heavy atom. The topological polar surface area (TPSA) is 43.4 Å². The van der Waals surface area contributed by atoms with Gasteiger partial charge in [0.1, 0.15) is 0 Å². The molecule has 0 heterocycles. The van der Waals surface area contributed by atoms with E-state index in [0.717, 1.165) is 56.9 Å². The summed E-state index contributed by atoms with van der Waals surface area (Å²) in [5.74, 6) is 0.305. The summed E-state index contributed by atoms with van der Waals surface area (Å²) in [4.78, 5) is 23.0. The Hall–Kier alpha value is -1.12. The van der Waals surface area contributed by atoms with E-state index in [0.29, 0.717) is 18.8 Å². The van der Waals surface area contributed by atoms with Gasteiger partial charge in [0.05, 0.1) is 6.61 Å². The van der Waals surface area contributed by atoms with Crippen LogP contribution in [0.4, 0.5) is 0 Å². The fourth-order valence-corrected chi connectivity index (χ4v) is 2.76. The summed E-state index contributed by atoms with van der Waals surface area (Å²) in [6.07, 6.45) is 14.5. The monoisotopic (exact) mass is 294 g/mol. The lowest BCUT2D eigenvalue weighted by Crippen LogP contribution is -2.03. The van der Waals surface area contributed by atoms with Gasteiger partial charge in [0.25, 0.3) is 0 Å². The molecule has 0 amide bonds. The molecular formula is C18H30O3. The number of ether oxygens (including phenoxy) is 1. The van der Waals surface area contributed by atoms with Crippen molar-refractivity contribution in [2.24, 2.45) is 0 Å². The molecule has 3 heteroatoms. The molecule has 21 heavy (non-hydrogen) atoms. The van der Waals surface area contributed by atoms with Crippen molar-refractivity contribution in [3.05, 3.63) is 11.6 Å². The number of carbonyl (C=O) groups is 2. The van der Waals surface area contributed by atoms with Crippen LogP contribution >= 0.6 is 0 Å². The Morgan fingerprint density at radius 3 is 2.19 bits per heavy atom. The Labute approximate surface area is 129 Å². The van der Waals surface area contributed by atoms with Gasteiger partial charge in [-0.05, 0) is 44.6 Å². The van der Waals surface area contributed by atoms with Crippen molar-refractivity contribution in [1.82, 2.24) is 0 Å². The molecule has 0 saturated carbocycles. The van der Waals surface area contributed by atoms with Crippen LogP contribution in [0.15, 0.2) is 11.6 Å². The summed E-state index contributed by atoms with van der Waals surface area (Å²) < 4.78 is 4.89. The Balaban J connectivity index is 1.84. The molecule has 0 aromatic rings. The van der Waals surface area contributed by atoms with Crippen molar-refractivity contribution in [2.45, 2.75) is 84.0 Å². The van der Waals surface area contributed by atoms with E-state index in [9.17, 15) is 9.59 Å². The van der Waals surface area contributed by atoms with Crippen molar-refractivity contribution < 1.29 is 14.3 Å². The van der Waals surface area contributed by atoms with Gasteiger partial charge in [-0.25, -0.2) is 0 Å². The number of rotatable bonds is 12. The van der Waals surface area contributed by atoms with E-state index in [1.165, 1.54) is 19.3 Å². The summed E-state index contributed by atoms with van der Waals surface area (Å²) in [5.41, 5.74) is 1.08. The minimum atomic E-state index is -0.0720. The van der Waals surface area contributed by atoms with Gasteiger partial charge in [-0.2, -0.15) is 0 Å². The number of hydrogen-bond donors (Lipinski definition) is 0. The Bertz CT molecular complexity index is 344. The van der Waals surface area contributed by atoms with Gasteiger partial charge >= 0.3 is 5.97 Å². The molecule has 3 nitrogen and oxygen atoms in total. The van der Waals surface area contributed by atoms with Crippen molar-refractivity contribution in [3.63, 3.8) is 0 Å². The molecular weight excluding hydrogens is 264 g/mol. The second-order valence-electron chi connectivity index (χ2n) is 5.82. The van der Waals surface area contributed by atoms with E-state index in [2.05, 4.69) is 6.08 Å². The molecule has 1 aliphatic carbocycles. The van der Waals surface area contributed by atoms with E-state index in [4.69, 9.17) is 4.74 Å². The summed E-state index contributed by atoms with van der Waals surface area (Å²) in [6, 6.07) is 0. The molecule has 0 N–H and O–H groups in total. The molecule has 0 unspecified atom stereocenters. The summed E-state index contributed by atoms with van der Waals surface area (Å²) in [7, 11) is 0. The largest absolute Gasteiger partial charge is 0.466 e. The average molecular weight is 294 g/mol. The van der Waals surface area contributed by atoms with Crippen LogP contribution in [0.2, 0.25) is 0 Å². The number of hydrogen-bond acceptors (Lipinski definition) is 3. The summed E-state index contributed by atoms with van der Waals surface area (Å²) in [6.45, 7) is 2.32. The number of allylic oxidation sites excluding steroid dienone is 2. The fourth-order valence-electron chi connectivity index (χ4n) is 2.76. The SMILES string of the molecule is CCOC(=O)CCCCCCCCCC(=O)C1=CCCC1. The van der Waals surface area contributed by atoms with Crippen molar-refractivity contribution in [3.8, 4) is 0 Å². The predicted octanol–water partition coefficient (Wildman–Crippen LogP) is 4.74. The second-order valence-corrected chi connectivity index (χ2v) is 5.82. The van der Waals surface area contributed by atoms with Gasteiger partial charge in [-0.15, -0.1) is 0 Å². The molecule has 0 aliphatic heterocycles. The minimum absolute atomic E-state index is 0.0720. The highest BCUT2D eigenvalue weighted by atomic mass is 16.5. The number of unbranched alkanes of at least 4 members (excludes halogenated alkanes) is 6. The molecule has 0 radical (unpaired) electrons. The first-order valence-corrected chi connectivity index (χ1v) is 8.62. The molecule has 0 aromatic heterocycles. The number of carbonyl (C=O) groups excluding carboxylic acids is 2. The third-order valence-electron chi connectivity index (χ3n) is 3.99. The smallest absolute Gasteiger partial charge is 0.305 e. The molecule has 0 spiro atoms. The molecule has 120 valence electrons. The van der Waals surface area contributed by atoms with Crippen molar-refractivity contribution >= 4 is 11.8 Å². The van der Waals surface area contributed by atoms with Crippen LogP contribution in [0.5, 0.6) is 0 Å². The lowest BCUT2D eigenvalue weighted by molar-refractivity contribution is -0.143. The number of esters is 1. The summed E-state index contributed by atoms with van der Waals surface area (Å²) in [5, 5.41) is 0. The highest BCUT2D eigenvalue weighted by Gasteiger charge is 2.12. The van der Waals surface area contributed by atoms with Gasteiger partial charge < -0.3 is 4.74 Å². The lowest BCUT2D eigenvalue weighted by Gasteiger charge is -2.03. The van der Waals surface area contributed by atoms with Crippen molar-refractivity contribution in [2.75, 3.05) is 6.61 Å². The van der Waals surface area contributed by atoms with Crippen LogP contribution in [0.25, 0.3) is 0 Å². The zero-order chi connectivity index (χ0) is 15.3. The first-order valence-electron chi connectivity index (χ1n) is 8.62. The van der Waals surface area contributed by atoms with Crippen LogP contribution in [0.3, 0.4) is 0 Å². The van der Waals surface area contributed by atoms with Gasteiger partial charge in [-0.3, -0.25) is 9.59 Å². The maximum absolute atomic E-state index is 11.8. The van der Waals surface area contributed by atoms with E-state index in [1.807, 2.05) is 6.92 Å². The van der Waals surface area contributed by atoms with E-state index >= 15 is 0 Å². The maximum Gasteiger partial charge on any atom is 0.305 e. The fraction of sp³-hybridized carbons (Fsp3) is 0.778. The predicted molar refractivity (Wildman–Crippen MR) is 85.1 cm³/mol. The van der Waals surface area contributed by atoms with Gasteiger partial charge in [0, 0.05) is 12.8 Å². The lowest BCUT2D eigenvalue weighted by atomic mass is 10.0. The molecule has 0 atom stereocenters. The van der Waals surface area contributed by atoms with E-state index < -0.39 is 0 Å². The van der Waals surface area contributed by atoms with Crippen LogP contribution in [-0.4, -0.2) is 18.4 Å². The van der Waals surface area contributed by atoms with Gasteiger partial charge in [0.2, 0.25) is 0 Å². The first-order chi connectivity index (χ1) is 10.2. The number of ketones is 1. The molecule has 0 aromatic carbocycles. The molecule has 1 rings (SSSR count). The quantitative estimate of drug-likeness (QED) is 0.386. The van der Waals surface area contributed by atoms with Crippen LogP contribution < -0.4 is 0 Å². The highest BCUT2D eigenvalue weighted by molar-refractivity contribution is 5.95. The third-order valence-corrected chi connectivity index (χ3v) is 3.99. The Kier molecular flexibility index (Phi) is 9.84. The molecule has 1 aliphatic rings. The standard InChI is InChI=1S/C18H30O3/c1-2-21-18(20)15-9-7-5-3-4-6-8-14-17(19)16-12-10-11-13-16/h12H,2-11,13-15H2,1H3. The molecule has 0 bridgehead atoms. The highest BCUT2D eigenvalue weighted by Crippen LogP contribution is 2.20. The van der Waals surface area contributed by atoms with Gasteiger partial charge in [0.15, 0.2) is 5.78 Å². The van der Waals surface area contributed by atoms with E-state index in [-0.39, 0.29) is 5.97 Å². The summed E-state index contributed by atoms with van der Waals surface area (Å²) >= 11 is 0. The maximum atomic E-state index is 11.8. The minimum Gasteiger partial charge on any atom is -0.466 e. The molecule has 0 fully saturated rings. The van der Waals surface area contributed by atoms with Crippen LogP contribution in [0.1, 0.15) is 84.0 Å². The third kappa shape index (κ3) is 8.69. The first kappa shape index (κ1) is 17.9. The number of Topliss-reactive ketones (excluding diaryl/α,β-unsaturated/α-hetero) is 1. The second kappa shape index (κ2) is 11.5. The average Bonchev–Trinajstić information content (AvgIpc) is 3.00.